The van der Waals surface area contributed by atoms with Crippen molar-refractivity contribution < 1.29 is 4.79 Å². The molecule has 2 aliphatic rings. The lowest BCUT2D eigenvalue weighted by atomic mass is 9.93. The number of benzene rings is 1. The van der Waals surface area contributed by atoms with Crippen molar-refractivity contribution in [2.45, 2.75) is 38.6 Å². The lowest BCUT2D eigenvalue weighted by molar-refractivity contribution is 0.0988. The molecular weight excluding hydrogens is 272 g/mol. The molecule has 1 aromatic carbocycles. The van der Waals surface area contributed by atoms with Crippen LogP contribution < -0.4 is 0 Å². The number of ketones is 1. The Kier molecular flexibility index (Phi) is 3.38. The number of fused-ring (bicyclic) bond motifs is 2. The Morgan fingerprint density at radius 3 is 3.18 bits per heavy atom. The molecule has 1 fully saturated rings. The summed E-state index contributed by atoms with van der Waals surface area (Å²) >= 11 is 0. The molecule has 0 saturated carbocycles. The van der Waals surface area contributed by atoms with E-state index in [0.717, 1.165) is 24.0 Å². The van der Waals surface area contributed by atoms with E-state index in [1.54, 1.807) is 0 Å². The van der Waals surface area contributed by atoms with Crippen LogP contribution in [0.3, 0.4) is 0 Å². The second-order valence-corrected chi connectivity index (χ2v) is 6.46. The average Bonchev–Trinajstić information content (AvgIpc) is 3.18. The molecule has 1 N–H and O–H groups in total. The van der Waals surface area contributed by atoms with E-state index in [1.807, 2.05) is 19.1 Å². The number of hydrogen-bond donors (Lipinski definition) is 1. The fourth-order valence-electron chi connectivity index (χ4n) is 3.92. The van der Waals surface area contributed by atoms with Gasteiger partial charge >= 0.3 is 0 Å². The molecule has 1 aromatic heterocycles. The summed E-state index contributed by atoms with van der Waals surface area (Å²) in [5.41, 5.74) is 4.68. The first-order valence-electron chi connectivity index (χ1n) is 8.34. The predicted octanol–water partition coefficient (Wildman–Crippen LogP) is 4.01. The minimum atomic E-state index is 0.216. The van der Waals surface area contributed by atoms with E-state index < -0.39 is 0 Å². The van der Waals surface area contributed by atoms with E-state index in [0.29, 0.717) is 12.5 Å². The van der Waals surface area contributed by atoms with Crippen LogP contribution in [-0.2, 0) is 0 Å². The van der Waals surface area contributed by atoms with Gasteiger partial charge in [0.1, 0.15) is 0 Å². The topological polar surface area (TPSA) is 36.1 Å². The minimum Gasteiger partial charge on any atom is -0.361 e. The highest BCUT2D eigenvalue weighted by Crippen LogP contribution is 2.35. The summed E-state index contributed by atoms with van der Waals surface area (Å²) in [7, 11) is 0. The zero-order valence-electron chi connectivity index (χ0n) is 13.1. The van der Waals surface area contributed by atoms with E-state index in [2.05, 4.69) is 28.2 Å². The standard InChI is InChI=1S/C19H22N2O/c1-2-19(22)14-5-6-18-16(11-14)17(12-20-18)13-7-9-21-8-3-4-15(21)10-13/h5-7,11-12,15,20H,2-4,8-10H2,1H3. The van der Waals surface area contributed by atoms with E-state index in [-0.39, 0.29) is 5.78 Å². The molecule has 2 aliphatic heterocycles. The summed E-state index contributed by atoms with van der Waals surface area (Å²) in [5, 5.41) is 1.19. The second kappa shape index (κ2) is 5.40. The van der Waals surface area contributed by atoms with Gasteiger partial charge in [-0.3, -0.25) is 9.69 Å². The third-order valence-corrected chi connectivity index (χ3v) is 5.20. The van der Waals surface area contributed by atoms with Crippen molar-refractivity contribution >= 4 is 22.3 Å². The summed E-state index contributed by atoms with van der Waals surface area (Å²) in [6.45, 7) is 4.24. The molecule has 0 aliphatic carbocycles. The second-order valence-electron chi connectivity index (χ2n) is 6.46. The molecule has 3 nitrogen and oxygen atoms in total. The van der Waals surface area contributed by atoms with Gasteiger partial charge < -0.3 is 4.98 Å². The van der Waals surface area contributed by atoms with Gasteiger partial charge in [0.05, 0.1) is 0 Å². The first-order valence-corrected chi connectivity index (χ1v) is 8.34. The lowest BCUT2D eigenvalue weighted by Gasteiger charge is -2.29. The maximum Gasteiger partial charge on any atom is 0.162 e. The van der Waals surface area contributed by atoms with Crippen LogP contribution in [-0.4, -0.2) is 34.8 Å². The fraction of sp³-hybridized carbons (Fsp3) is 0.421. The van der Waals surface area contributed by atoms with Crippen LogP contribution in [0.2, 0.25) is 0 Å². The lowest BCUT2D eigenvalue weighted by Crippen LogP contribution is -2.32. The Hall–Kier alpha value is -1.87. The number of hydrogen-bond acceptors (Lipinski definition) is 2. The Morgan fingerprint density at radius 1 is 1.41 bits per heavy atom. The van der Waals surface area contributed by atoms with Crippen LogP contribution in [0.25, 0.3) is 16.5 Å². The van der Waals surface area contributed by atoms with Gasteiger partial charge in [-0.05, 0) is 49.6 Å². The Labute approximate surface area is 131 Å². The van der Waals surface area contributed by atoms with Crippen molar-refractivity contribution in [3.05, 3.63) is 41.6 Å². The maximum atomic E-state index is 12.0. The Morgan fingerprint density at radius 2 is 2.32 bits per heavy atom. The average molecular weight is 294 g/mol. The first kappa shape index (κ1) is 13.8. The van der Waals surface area contributed by atoms with E-state index in [1.165, 1.54) is 35.9 Å². The molecule has 0 radical (unpaired) electrons. The van der Waals surface area contributed by atoms with Gasteiger partial charge in [0.2, 0.25) is 0 Å². The predicted molar refractivity (Wildman–Crippen MR) is 90.1 cm³/mol. The Bertz CT molecular complexity index is 756. The van der Waals surface area contributed by atoms with Gasteiger partial charge in [-0.1, -0.05) is 13.0 Å². The van der Waals surface area contributed by atoms with Crippen LogP contribution in [0.15, 0.2) is 30.5 Å². The third-order valence-electron chi connectivity index (χ3n) is 5.20. The quantitative estimate of drug-likeness (QED) is 0.868. The van der Waals surface area contributed by atoms with E-state index in [4.69, 9.17) is 0 Å². The largest absolute Gasteiger partial charge is 0.361 e. The monoisotopic (exact) mass is 294 g/mol. The highest BCUT2D eigenvalue weighted by Gasteiger charge is 2.28. The summed E-state index contributed by atoms with van der Waals surface area (Å²) in [6.07, 6.45) is 8.83. The van der Waals surface area contributed by atoms with Crippen molar-refractivity contribution in [1.82, 2.24) is 9.88 Å². The SMILES string of the molecule is CCC(=O)c1ccc2[nH]cc(C3=CCN4CCCC4C3)c2c1. The summed E-state index contributed by atoms with van der Waals surface area (Å²) in [4.78, 5) is 17.9. The van der Waals surface area contributed by atoms with Crippen LogP contribution in [0.1, 0.15) is 48.5 Å². The summed E-state index contributed by atoms with van der Waals surface area (Å²) < 4.78 is 0. The molecule has 2 aromatic rings. The molecule has 114 valence electrons. The van der Waals surface area contributed by atoms with Crippen LogP contribution in [0.4, 0.5) is 0 Å². The number of aromatic amines is 1. The third kappa shape index (κ3) is 2.20. The zero-order chi connectivity index (χ0) is 15.1. The number of H-pyrrole nitrogens is 1. The van der Waals surface area contributed by atoms with E-state index in [9.17, 15) is 4.79 Å². The molecule has 3 heterocycles. The number of carbonyl (C=O) groups excluding carboxylic acids is 1. The van der Waals surface area contributed by atoms with Crippen LogP contribution in [0.5, 0.6) is 0 Å². The van der Waals surface area contributed by atoms with Crippen molar-refractivity contribution in [2.75, 3.05) is 13.1 Å². The summed E-state index contributed by atoms with van der Waals surface area (Å²) in [5.74, 6) is 0.216. The van der Waals surface area contributed by atoms with Crippen molar-refractivity contribution in [3.63, 3.8) is 0 Å². The van der Waals surface area contributed by atoms with Gasteiger partial charge in [0.15, 0.2) is 5.78 Å². The highest BCUT2D eigenvalue weighted by atomic mass is 16.1. The minimum absolute atomic E-state index is 0.216. The van der Waals surface area contributed by atoms with Gasteiger partial charge in [0.25, 0.3) is 0 Å². The zero-order valence-corrected chi connectivity index (χ0v) is 13.1. The molecule has 0 amide bonds. The number of carbonyl (C=O) groups is 1. The van der Waals surface area contributed by atoms with Crippen molar-refractivity contribution in [2.24, 2.45) is 0 Å². The smallest absolute Gasteiger partial charge is 0.162 e. The number of nitrogens with zero attached hydrogens (tertiary/aromatic N) is 1. The Balaban J connectivity index is 1.73. The van der Waals surface area contributed by atoms with Crippen molar-refractivity contribution in [1.29, 1.82) is 0 Å². The molecular formula is C19H22N2O. The number of rotatable bonds is 3. The first-order chi connectivity index (χ1) is 10.8. The molecule has 0 spiro atoms. The van der Waals surface area contributed by atoms with Crippen LogP contribution >= 0.6 is 0 Å². The van der Waals surface area contributed by atoms with Gasteiger partial charge in [-0.25, -0.2) is 0 Å². The van der Waals surface area contributed by atoms with E-state index >= 15 is 0 Å². The molecule has 1 unspecified atom stereocenters. The van der Waals surface area contributed by atoms with Gasteiger partial charge in [-0.2, -0.15) is 0 Å². The van der Waals surface area contributed by atoms with Gasteiger partial charge in [0, 0.05) is 47.2 Å². The maximum absolute atomic E-state index is 12.0. The molecule has 1 atom stereocenters. The highest BCUT2D eigenvalue weighted by molar-refractivity contribution is 6.02. The molecule has 22 heavy (non-hydrogen) atoms. The van der Waals surface area contributed by atoms with Crippen molar-refractivity contribution in [3.8, 4) is 0 Å². The fourth-order valence-corrected chi connectivity index (χ4v) is 3.92. The normalized spacial score (nSPS) is 21.9. The molecule has 4 rings (SSSR count). The number of Topliss-reactive ketones (excluding diaryl/α,β-unsaturated/α-hetero) is 1. The molecule has 3 heteroatoms. The number of nitrogens with one attached hydrogen (secondary N) is 1. The number of aromatic nitrogens is 1. The van der Waals surface area contributed by atoms with Crippen LogP contribution in [0, 0.1) is 0 Å². The molecule has 1 saturated heterocycles. The summed E-state index contributed by atoms with van der Waals surface area (Å²) in [6, 6.07) is 6.75. The molecule has 0 bridgehead atoms. The van der Waals surface area contributed by atoms with Gasteiger partial charge in [-0.15, -0.1) is 0 Å².